The van der Waals surface area contributed by atoms with E-state index in [1.54, 1.807) is 31.5 Å². The molecule has 0 aliphatic rings. The molecular weight excluding hydrogens is 297 g/mol. The van der Waals surface area contributed by atoms with Crippen LogP contribution in [0.5, 0.6) is 11.8 Å². The van der Waals surface area contributed by atoms with Crippen LogP contribution in [0.3, 0.4) is 0 Å². The van der Waals surface area contributed by atoms with Gasteiger partial charge in [0.05, 0.1) is 0 Å². The van der Waals surface area contributed by atoms with Crippen LogP contribution in [0, 0.1) is 12.7 Å². The summed E-state index contributed by atoms with van der Waals surface area (Å²) >= 11 is 5.85. The second-order valence-electron chi connectivity index (χ2n) is 4.15. The van der Waals surface area contributed by atoms with Gasteiger partial charge in [0.25, 0.3) is 5.95 Å². The highest BCUT2D eigenvalue weighted by molar-refractivity contribution is 6.28. The number of ether oxygens (including phenoxy) is 1. The number of aryl methyl sites for hydroxylation is 1. The van der Waals surface area contributed by atoms with Crippen LogP contribution in [-0.4, -0.2) is 24.7 Å². The molecule has 3 aromatic rings. The van der Waals surface area contributed by atoms with Gasteiger partial charge in [-0.05, 0) is 36.2 Å². The summed E-state index contributed by atoms with van der Waals surface area (Å²) in [6, 6.07) is 5.88. The van der Waals surface area contributed by atoms with Gasteiger partial charge < -0.3 is 4.74 Å². The smallest absolute Gasteiger partial charge is 0.328 e. The first-order valence-corrected chi connectivity index (χ1v) is 6.35. The molecule has 0 saturated carbocycles. The molecule has 0 saturated heterocycles. The average molecular weight is 306 g/mol. The van der Waals surface area contributed by atoms with E-state index in [0.717, 1.165) is 5.56 Å². The summed E-state index contributed by atoms with van der Waals surface area (Å²) in [5.74, 6) is 0.107. The molecular formula is C13H9ClFN5O. The van der Waals surface area contributed by atoms with Gasteiger partial charge in [-0.25, -0.2) is 9.07 Å². The molecule has 3 rings (SSSR count). The molecule has 2 aromatic heterocycles. The van der Waals surface area contributed by atoms with Gasteiger partial charge in [-0.2, -0.15) is 20.1 Å². The molecule has 1 aromatic carbocycles. The molecule has 0 N–H and O–H groups in total. The number of hydrogen-bond acceptors (Lipinski definition) is 5. The predicted octanol–water partition coefficient (Wildman–Crippen LogP) is 2.95. The van der Waals surface area contributed by atoms with Crippen molar-refractivity contribution in [2.24, 2.45) is 0 Å². The van der Waals surface area contributed by atoms with Crippen LogP contribution < -0.4 is 4.74 Å². The topological polar surface area (TPSA) is 65.7 Å². The van der Waals surface area contributed by atoms with Crippen molar-refractivity contribution >= 4 is 11.6 Å². The minimum atomic E-state index is -0.414. The van der Waals surface area contributed by atoms with Gasteiger partial charge >= 0.3 is 6.01 Å². The summed E-state index contributed by atoms with van der Waals surface area (Å²) in [6.07, 6.45) is 3.23. The van der Waals surface area contributed by atoms with Crippen molar-refractivity contribution in [3.05, 3.63) is 53.3 Å². The lowest BCUT2D eigenvalue weighted by Crippen LogP contribution is -2.05. The molecule has 0 aliphatic heterocycles. The van der Waals surface area contributed by atoms with Crippen LogP contribution in [0.1, 0.15) is 5.56 Å². The van der Waals surface area contributed by atoms with Gasteiger partial charge in [0.1, 0.15) is 11.6 Å². The Balaban J connectivity index is 1.97. The predicted molar refractivity (Wildman–Crippen MR) is 73.2 cm³/mol. The molecule has 0 unspecified atom stereocenters. The van der Waals surface area contributed by atoms with Crippen molar-refractivity contribution in [1.29, 1.82) is 0 Å². The van der Waals surface area contributed by atoms with E-state index in [9.17, 15) is 4.39 Å². The number of benzene rings is 1. The number of halogens is 2. The second-order valence-corrected chi connectivity index (χ2v) is 4.49. The van der Waals surface area contributed by atoms with E-state index in [4.69, 9.17) is 16.3 Å². The minimum Gasteiger partial charge on any atom is -0.424 e. The Morgan fingerprint density at radius 1 is 1.24 bits per heavy atom. The van der Waals surface area contributed by atoms with Crippen LogP contribution >= 0.6 is 11.6 Å². The third-order valence-electron chi connectivity index (χ3n) is 2.64. The zero-order valence-electron chi connectivity index (χ0n) is 10.9. The lowest BCUT2D eigenvalue weighted by molar-refractivity contribution is 0.430. The largest absolute Gasteiger partial charge is 0.424 e. The molecule has 0 aliphatic carbocycles. The SMILES string of the molecule is Cc1ccc(F)cc1Oc1nc(Cl)nc(-n2cccn2)n1. The molecule has 0 radical (unpaired) electrons. The molecule has 0 spiro atoms. The van der Waals surface area contributed by atoms with Crippen LogP contribution in [0.25, 0.3) is 5.95 Å². The average Bonchev–Trinajstić information content (AvgIpc) is 2.96. The molecule has 21 heavy (non-hydrogen) atoms. The fraction of sp³-hybridized carbons (Fsp3) is 0.0769. The third-order valence-corrected chi connectivity index (χ3v) is 2.81. The Morgan fingerprint density at radius 3 is 2.86 bits per heavy atom. The highest BCUT2D eigenvalue weighted by Gasteiger charge is 2.11. The van der Waals surface area contributed by atoms with Crippen LogP contribution in [0.2, 0.25) is 5.28 Å². The Bertz CT molecular complexity index is 778. The molecule has 8 heteroatoms. The zero-order chi connectivity index (χ0) is 14.8. The number of aromatic nitrogens is 5. The summed E-state index contributed by atoms with van der Waals surface area (Å²) in [6.45, 7) is 1.78. The van der Waals surface area contributed by atoms with Crippen molar-refractivity contribution in [3.63, 3.8) is 0 Å². The van der Waals surface area contributed by atoms with E-state index in [1.165, 1.54) is 16.8 Å². The fourth-order valence-electron chi connectivity index (χ4n) is 1.64. The molecule has 2 heterocycles. The summed E-state index contributed by atoms with van der Waals surface area (Å²) in [5, 5.41) is 3.96. The quantitative estimate of drug-likeness (QED) is 0.744. The molecule has 0 fully saturated rings. The maximum Gasteiger partial charge on any atom is 0.328 e. The summed E-state index contributed by atoms with van der Waals surface area (Å²) in [4.78, 5) is 11.9. The minimum absolute atomic E-state index is 0.0331. The van der Waals surface area contributed by atoms with Gasteiger partial charge in [-0.3, -0.25) is 0 Å². The van der Waals surface area contributed by atoms with Crippen molar-refractivity contribution < 1.29 is 9.13 Å². The molecule has 0 bridgehead atoms. The van der Waals surface area contributed by atoms with E-state index in [2.05, 4.69) is 20.1 Å². The van der Waals surface area contributed by atoms with E-state index in [-0.39, 0.29) is 17.2 Å². The Labute approximate surface area is 124 Å². The normalized spacial score (nSPS) is 10.6. The van der Waals surface area contributed by atoms with Crippen LogP contribution in [0.4, 0.5) is 4.39 Å². The first-order chi connectivity index (χ1) is 10.1. The first kappa shape index (κ1) is 13.4. The molecule has 0 atom stereocenters. The lowest BCUT2D eigenvalue weighted by Gasteiger charge is -2.08. The van der Waals surface area contributed by atoms with Crippen molar-refractivity contribution in [2.45, 2.75) is 6.92 Å². The summed E-state index contributed by atoms with van der Waals surface area (Å²) in [7, 11) is 0. The van der Waals surface area contributed by atoms with Crippen LogP contribution in [0.15, 0.2) is 36.7 Å². The molecule has 0 amide bonds. The van der Waals surface area contributed by atoms with Gasteiger partial charge in [0, 0.05) is 18.5 Å². The number of rotatable bonds is 3. The monoisotopic (exact) mass is 305 g/mol. The lowest BCUT2D eigenvalue weighted by atomic mass is 10.2. The fourth-order valence-corrected chi connectivity index (χ4v) is 1.79. The van der Waals surface area contributed by atoms with Gasteiger partial charge in [-0.1, -0.05) is 6.07 Å². The summed E-state index contributed by atoms with van der Waals surface area (Å²) in [5.41, 5.74) is 0.744. The second kappa shape index (κ2) is 5.45. The van der Waals surface area contributed by atoms with Crippen LogP contribution in [-0.2, 0) is 0 Å². The molecule has 6 nitrogen and oxygen atoms in total. The Kier molecular flexibility index (Phi) is 3.49. The maximum absolute atomic E-state index is 13.3. The van der Waals surface area contributed by atoms with Gasteiger partial charge in [0.2, 0.25) is 5.28 Å². The summed E-state index contributed by atoms with van der Waals surface area (Å²) < 4.78 is 20.2. The van der Waals surface area contributed by atoms with E-state index < -0.39 is 5.82 Å². The van der Waals surface area contributed by atoms with Gasteiger partial charge in [-0.15, -0.1) is 0 Å². The van der Waals surface area contributed by atoms with Crippen molar-refractivity contribution in [2.75, 3.05) is 0 Å². The zero-order valence-corrected chi connectivity index (χ0v) is 11.6. The number of hydrogen-bond donors (Lipinski definition) is 0. The van der Waals surface area contributed by atoms with Crippen molar-refractivity contribution in [1.82, 2.24) is 24.7 Å². The Morgan fingerprint density at radius 2 is 2.10 bits per heavy atom. The molecule has 106 valence electrons. The highest BCUT2D eigenvalue weighted by Crippen LogP contribution is 2.24. The number of nitrogens with zero attached hydrogens (tertiary/aromatic N) is 5. The van der Waals surface area contributed by atoms with Gasteiger partial charge in [0.15, 0.2) is 0 Å². The first-order valence-electron chi connectivity index (χ1n) is 5.97. The van der Waals surface area contributed by atoms with Crippen molar-refractivity contribution in [3.8, 4) is 17.7 Å². The highest BCUT2D eigenvalue weighted by atomic mass is 35.5. The van der Waals surface area contributed by atoms with E-state index in [0.29, 0.717) is 5.75 Å². The van der Waals surface area contributed by atoms with E-state index in [1.807, 2.05) is 0 Å². The Hall–Kier alpha value is -2.54. The standard InChI is InChI=1S/C13H9ClFN5O/c1-8-3-4-9(15)7-10(8)21-13-18-11(14)17-12(19-13)20-6-2-5-16-20/h2-7H,1H3. The third kappa shape index (κ3) is 2.97. The van der Waals surface area contributed by atoms with E-state index >= 15 is 0 Å². The maximum atomic E-state index is 13.3.